The number of aryl methyl sites for hydroxylation is 2. The van der Waals surface area contributed by atoms with Crippen molar-refractivity contribution in [1.82, 2.24) is 0 Å². The number of aliphatic hydroxyl groups excluding tert-OH is 2. The first kappa shape index (κ1) is 19.5. The molecule has 6 atom stereocenters. The fourth-order valence-electron chi connectivity index (χ4n) is 3.56. The molecule has 0 bridgehead atoms. The van der Waals surface area contributed by atoms with E-state index in [1.807, 2.05) is 62.4 Å². The summed E-state index contributed by atoms with van der Waals surface area (Å²) in [5, 5.41) is 19.9. The molecule has 0 spiro atoms. The van der Waals surface area contributed by atoms with Crippen molar-refractivity contribution in [2.24, 2.45) is 0 Å². The molecule has 150 valence electrons. The van der Waals surface area contributed by atoms with Crippen molar-refractivity contribution in [2.75, 3.05) is 13.2 Å². The maximum Gasteiger partial charge on any atom is 0.184 e. The lowest BCUT2D eigenvalue weighted by atomic mass is 9.99. The highest BCUT2D eigenvalue weighted by atomic mass is 16.8. The average Bonchev–Trinajstić information content (AvgIpc) is 2.73. The first-order chi connectivity index (χ1) is 13.5. The van der Waals surface area contributed by atoms with Gasteiger partial charge in [-0.15, -0.1) is 0 Å². The van der Waals surface area contributed by atoms with Crippen LogP contribution in [0.4, 0.5) is 0 Å². The van der Waals surface area contributed by atoms with Crippen molar-refractivity contribution in [3.8, 4) is 0 Å². The van der Waals surface area contributed by atoms with E-state index in [1.165, 1.54) is 0 Å². The van der Waals surface area contributed by atoms with Gasteiger partial charge < -0.3 is 29.2 Å². The summed E-state index contributed by atoms with van der Waals surface area (Å²) in [6.45, 7) is 3.91. The molecule has 2 heterocycles. The van der Waals surface area contributed by atoms with E-state index in [2.05, 4.69) is 0 Å². The number of benzene rings is 2. The minimum atomic E-state index is -1.08. The maximum atomic E-state index is 10.4. The number of ether oxygens (including phenoxy) is 4. The van der Waals surface area contributed by atoms with Crippen molar-refractivity contribution in [1.29, 1.82) is 0 Å². The normalized spacial score (nSPS) is 31.2. The Morgan fingerprint density at radius 1 is 0.857 bits per heavy atom. The fourth-order valence-corrected chi connectivity index (χ4v) is 3.56. The summed E-state index contributed by atoms with van der Waals surface area (Å²) >= 11 is 0. The summed E-state index contributed by atoms with van der Waals surface area (Å²) in [4.78, 5) is 0. The highest BCUT2D eigenvalue weighted by Crippen LogP contribution is 2.38. The molecule has 0 radical (unpaired) electrons. The van der Waals surface area contributed by atoms with Gasteiger partial charge in [0.25, 0.3) is 0 Å². The Kier molecular flexibility index (Phi) is 5.78. The molecule has 2 N–H and O–H groups in total. The Balaban J connectivity index is 1.55. The van der Waals surface area contributed by atoms with Gasteiger partial charge in [0, 0.05) is 11.1 Å². The zero-order chi connectivity index (χ0) is 19.7. The number of hydrogen-bond donors (Lipinski definition) is 2. The van der Waals surface area contributed by atoms with Crippen LogP contribution in [0, 0.1) is 13.8 Å². The predicted molar refractivity (Wildman–Crippen MR) is 102 cm³/mol. The number of rotatable bonds is 4. The third-order valence-electron chi connectivity index (χ3n) is 5.23. The summed E-state index contributed by atoms with van der Waals surface area (Å²) in [6.07, 6.45) is -4.00. The van der Waals surface area contributed by atoms with Crippen molar-refractivity contribution >= 4 is 0 Å². The third-order valence-corrected chi connectivity index (χ3v) is 5.23. The smallest absolute Gasteiger partial charge is 0.184 e. The fraction of sp³-hybridized carbons (Fsp3) is 0.455. The summed E-state index contributed by atoms with van der Waals surface area (Å²) in [5.41, 5.74) is 4.02. The van der Waals surface area contributed by atoms with Crippen molar-refractivity contribution in [3.63, 3.8) is 0 Å². The summed E-state index contributed by atoms with van der Waals surface area (Å²) in [5.74, 6) is 0. The van der Waals surface area contributed by atoms with Crippen LogP contribution in [0.15, 0.2) is 48.5 Å². The van der Waals surface area contributed by atoms with E-state index in [1.54, 1.807) is 0 Å². The van der Waals surface area contributed by atoms with Crippen molar-refractivity contribution in [2.45, 2.75) is 50.8 Å². The molecule has 2 saturated heterocycles. The van der Waals surface area contributed by atoms with Gasteiger partial charge in [0.15, 0.2) is 12.6 Å². The van der Waals surface area contributed by atoms with Crippen LogP contribution in [0.2, 0.25) is 0 Å². The molecule has 6 nitrogen and oxygen atoms in total. The van der Waals surface area contributed by atoms with Crippen LogP contribution in [0.1, 0.15) is 34.8 Å². The Labute approximate surface area is 164 Å². The standard InChI is InChI=1S/C22H26O6/c1-13-3-7-15(8-4-13)21-25-12-18-20(28-21)19(17(24)11-23)27-22(26-18)16-9-5-14(2)6-10-16/h3-10,17-24H,11-12H2,1-2H3/t17-,18+,19-,20-,21+,22-/m1/s1. The van der Waals surface area contributed by atoms with Crippen LogP contribution in [-0.2, 0) is 18.9 Å². The summed E-state index contributed by atoms with van der Waals surface area (Å²) in [7, 11) is 0. The SMILES string of the molecule is Cc1ccc([C@H]2OC[C@@H]3O[C@@H](c4ccc(C)cc4)O[C@H]([C@H](O)CO)[C@@H]3O2)cc1. The van der Waals surface area contributed by atoms with Crippen LogP contribution in [0.5, 0.6) is 0 Å². The highest BCUT2D eigenvalue weighted by molar-refractivity contribution is 5.24. The molecule has 0 amide bonds. The predicted octanol–water partition coefficient (Wildman–Crippen LogP) is 2.55. The second-order valence-corrected chi connectivity index (χ2v) is 7.44. The lowest BCUT2D eigenvalue weighted by Gasteiger charge is -2.47. The van der Waals surface area contributed by atoms with Gasteiger partial charge in [0.1, 0.15) is 24.4 Å². The van der Waals surface area contributed by atoms with Crippen LogP contribution < -0.4 is 0 Å². The minimum absolute atomic E-state index is 0.309. The zero-order valence-electron chi connectivity index (χ0n) is 16.0. The van der Waals surface area contributed by atoms with Crippen molar-refractivity contribution in [3.05, 3.63) is 70.8 Å². The Bertz CT molecular complexity index is 773. The van der Waals surface area contributed by atoms with E-state index in [0.29, 0.717) is 6.61 Å². The molecule has 0 unspecified atom stereocenters. The molecule has 2 aromatic carbocycles. The third kappa shape index (κ3) is 3.98. The average molecular weight is 386 g/mol. The van der Waals surface area contributed by atoms with E-state index < -0.39 is 43.6 Å². The molecule has 2 fully saturated rings. The molecule has 2 aromatic rings. The van der Waals surface area contributed by atoms with E-state index >= 15 is 0 Å². The van der Waals surface area contributed by atoms with E-state index in [-0.39, 0.29) is 0 Å². The summed E-state index contributed by atoms with van der Waals surface area (Å²) < 4.78 is 24.1. The molecule has 0 saturated carbocycles. The van der Waals surface area contributed by atoms with Crippen LogP contribution in [-0.4, -0.2) is 47.8 Å². The quantitative estimate of drug-likeness (QED) is 0.841. The highest BCUT2D eigenvalue weighted by Gasteiger charge is 2.48. The lowest BCUT2D eigenvalue weighted by Crippen LogP contribution is -2.58. The van der Waals surface area contributed by atoms with E-state index in [4.69, 9.17) is 18.9 Å². The van der Waals surface area contributed by atoms with Gasteiger partial charge in [-0.25, -0.2) is 0 Å². The van der Waals surface area contributed by atoms with E-state index in [9.17, 15) is 10.2 Å². The minimum Gasteiger partial charge on any atom is -0.394 e. The van der Waals surface area contributed by atoms with Gasteiger partial charge in [-0.05, 0) is 13.8 Å². The Morgan fingerprint density at radius 3 is 2.00 bits per heavy atom. The molecule has 2 aliphatic heterocycles. The molecule has 6 heteroatoms. The Morgan fingerprint density at radius 2 is 1.43 bits per heavy atom. The largest absolute Gasteiger partial charge is 0.394 e. The van der Waals surface area contributed by atoms with Gasteiger partial charge in [-0.1, -0.05) is 59.7 Å². The first-order valence-electron chi connectivity index (χ1n) is 9.55. The molecule has 2 aliphatic rings. The topological polar surface area (TPSA) is 77.4 Å². The van der Waals surface area contributed by atoms with Crippen molar-refractivity contribution < 1.29 is 29.2 Å². The number of aliphatic hydroxyl groups is 2. The Hall–Kier alpha value is -1.80. The molecule has 4 rings (SSSR count). The van der Waals surface area contributed by atoms with Gasteiger partial charge in [-0.3, -0.25) is 0 Å². The molecular formula is C22H26O6. The lowest BCUT2D eigenvalue weighted by molar-refractivity contribution is -0.373. The second-order valence-electron chi connectivity index (χ2n) is 7.44. The molecule has 28 heavy (non-hydrogen) atoms. The van der Waals surface area contributed by atoms with E-state index in [0.717, 1.165) is 22.3 Å². The van der Waals surface area contributed by atoms with Gasteiger partial charge in [0.2, 0.25) is 0 Å². The monoisotopic (exact) mass is 386 g/mol. The number of fused-ring (bicyclic) bond motifs is 1. The number of hydrogen-bond acceptors (Lipinski definition) is 6. The first-order valence-corrected chi connectivity index (χ1v) is 9.55. The zero-order valence-corrected chi connectivity index (χ0v) is 16.0. The van der Waals surface area contributed by atoms with Gasteiger partial charge >= 0.3 is 0 Å². The van der Waals surface area contributed by atoms with Crippen LogP contribution in [0.25, 0.3) is 0 Å². The maximum absolute atomic E-state index is 10.4. The van der Waals surface area contributed by atoms with Gasteiger partial charge in [0.05, 0.1) is 13.2 Å². The van der Waals surface area contributed by atoms with Crippen LogP contribution in [0.3, 0.4) is 0 Å². The van der Waals surface area contributed by atoms with Crippen LogP contribution >= 0.6 is 0 Å². The molecule has 0 aromatic heterocycles. The second kappa shape index (κ2) is 8.29. The summed E-state index contributed by atoms with van der Waals surface area (Å²) in [6, 6.07) is 15.7. The molecular weight excluding hydrogens is 360 g/mol. The molecule has 0 aliphatic carbocycles. The van der Waals surface area contributed by atoms with Gasteiger partial charge in [-0.2, -0.15) is 0 Å².